The molecule has 2 aromatic carbocycles. The van der Waals surface area contributed by atoms with E-state index < -0.39 is 11.9 Å². The zero-order valence-corrected chi connectivity index (χ0v) is 20.1. The third-order valence-corrected chi connectivity index (χ3v) is 6.51. The first kappa shape index (κ1) is 26.4. The van der Waals surface area contributed by atoms with Crippen molar-refractivity contribution < 1.29 is 24.6 Å². The second-order valence-electron chi connectivity index (χ2n) is 8.90. The van der Waals surface area contributed by atoms with Crippen molar-refractivity contribution in [2.45, 2.75) is 31.7 Å². The molecule has 0 aliphatic carbocycles. The number of carbonyl (C=O) groups is 3. The highest BCUT2D eigenvalue weighted by Gasteiger charge is 2.26. The van der Waals surface area contributed by atoms with Crippen LogP contribution in [0.2, 0.25) is 0 Å². The average Bonchev–Trinajstić information content (AvgIpc) is 2.88. The first-order valence-corrected chi connectivity index (χ1v) is 12.3. The number of aliphatic carboxylic acids is 2. The van der Waals surface area contributed by atoms with Gasteiger partial charge in [0.25, 0.3) is 0 Å². The van der Waals surface area contributed by atoms with Crippen LogP contribution in [-0.2, 0) is 14.4 Å². The Morgan fingerprint density at radius 2 is 1.29 bits per heavy atom. The number of carbonyl (C=O) groups excluding carboxylic acids is 1. The van der Waals surface area contributed by atoms with E-state index in [1.165, 1.54) is 17.5 Å². The van der Waals surface area contributed by atoms with Gasteiger partial charge in [-0.1, -0.05) is 60.7 Å². The number of carboxylic acids is 2. The molecular weight excluding hydrogens is 446 g/mol. The van der Waals surface area contributed by atoms with Gasteiger partial charge in [-0.15, -0.1) is 0 Å². The number of rotatable bonds is 7. The van der Waals surface area contributed by atoms with Crippen LogP contribution in [0.5, 0.6) is 0 Å². The normalized spacial score (nSPS) is 17.1. The maximum Gasteiger partial charge on any atom is 0.414 e. The number of nitrogens with zero attached hydrogens (tertiary/aromatic N) is 3. The summed E-state index contributed by atoms with van der Waals surface area (Å²) in [4.78, 5) is 37.4. The molecule has 0 aromatic heterocycles. The standard InChI is InChI=1S/C25H33N3O.C2H2O4/c29-24-14-7-8-16-27(24)17-9-15-26-18-20-28(21-19-26)25(22-10-3-1-4-11-22)23-12-5-2-6-13-23;3-1(4)2(5)6/h1-6,10-13,25H,7-9,14-21H2;(H,3,4)(H,5,6). The van der Waals surface area contributed by atoms with Gasteiger partial charge in [0, 0.05) is 45.7 Å². The van der Waals surface area contributed by atoms with Crippen LogP contribution in [0.1, 0.15) is 42.9 Å². The minimum Gasteiger partial charge on any atom is -0.473 e. The summed E-state index contributed by atoms with van der Waals surface area (Å²) in [7, 11) is 0. The molecule has 0 atom stereocenters. The number of amides is 1. The van der Waals surface area contributed by atoms with E-state index in [2.05, 4.69) is 75.4 Å². The Bertz CT molecular complexity index is 894. The lowest BCUT2D eigenvalue weighted by Gasteiger charge is -2.40. The van der Waals surface area contributed by atoms with E-state index in [9.17, 15) is 4.79 Å². The first-order valence-electron chi connectivity index (χ1n) is 12.3. The lowest BCUT2D eigenvalue weighted by atomic mass is 9.96. The van der Waals surface area contributed by atoms with Gasteiger partial charge in [-0.3, -0.25) is 9.69 Å². The molecule has 0 radical (unpaired) electrons. The second-order valence-corrected chi connectivity index (χ2v) is 8.90. The van der Waals surface area contributed by atoms with Gasteiger partial charge in [-0.25, -0.2) is 9.59 Å². The van der Waals surface area contributed by atoms with E-state index in [4.69, 9.17) is 19.8 Å². The van der Waals surface area contributed by atoms with Gasteiger partial charge in [-0.2, -0.15) is 0 Å². The fourth-order valence-electron chi connectivity index (χ4n) is 4.71. The molecule has 8 heteroatoms. The minimum absolute atomic E-state index is 0.325. The van der Waals surface area contributed by atoms with Gasteiger partial charge < -0.3 is 20.0 Å². The maximum absolute atomic E-state index is 12.0. The third-order valence-electron chi connectivity index (χ3n) is 6.51. The molecule has 4 rings (SSSR count). The Hall–Kier alpha value is -3.23. The fraction of sp³-hybridized carbons (Fsp3) is 0.444. The Kier molecular flexibility index (Phi) is 10.3. The van der Waals surface area contributed by atoms with E-state index in [-0.39, 0.29) is 0 Å². The monoisotopic (exact) mass is 481 g/mol. The van der Waals surface area contributed by atoms with Crippen LogP contribution >= 0.6 is 0 Å². The lowest BCUT2D eigenvalue weighted by molar-refractivity contribution is -0.159. The predicted octanol–water partition coefficient (Wildman–Crippen LogP) is 2.95. The highest BCUT2D eigenvalue weighted by Crippen LogP contribution is 2.29. The van der Waals surface area contributed by atoms with Crippen LogP contribution in [0.25, 0.3) is 0 Å². The van der Waals surface area contributed by atoms with Crippen LogP contribution < -0.4 is 0 Å². The SMILES string of the molecule is O=C(O)C(=O)O.O=C1CCCCN1CCCN1CCN(C(c2ccccc2)c2ccccc2)CC1. The van der Waals surface area contributed by atoms with Crippen LogP contribution in [0, 0.1) is 0 Å². The van der Waals surface area contributed by atoms with Crippen molar-refractivity contribution in [3.8, 4) is 0 Å². The largest absolute Gasteiger partial charge is 0.473 e. The molecule has 35 heavy (non-hydrogen) atoms. The highest BCUT2D eigenvalue weighted by atomic mass is 16.4. The summed E-state index contributed by atoms with van der Waals surface area (Å²) in [6, 6.07) is 22.1. The summed E-state index contributed by atoms with van der Waals surface area (Å²) in [5, 5.41) is 14.8. The van der Waals surface area contributed by atoms with Gasteiger partial charge in [-0.05, 0) is 36.9 Å². The van der Waals surface area contributed by atoms with E-state index in [1.807, 2.05) is 0 Å². The minimum atomic E-state index is -1.82. The zero-order chi connectivity index (χ0) is 25.0. The van der Waals surface area contributed by atoms with Crippen molar-refractivity contribution in [1.29, 1.82) is 0 Å². The molecule has 0 unspecified atom stereocenters. The quantitative estimate of drug-likeness (QED) is 0.587. The zero-order valence-electron chi connectivity index (χ0n) is 20.1. The highest BCUT2D eigenvalue weighted by molar-refractivity contribution is 6.27. The van der Waals surface area contributed by atoms with Gasteiger partial charge in [0.2, 0.25) is 5.91 Å². The molecule has 2 heterocycles. The molecule has 2 aromatic rings. The summed E-state index contributed by atoms with van der Waals surface area (Å²) in [6.07, 6.45) is 4.08. The van der Waals surface area contributed by atoms with Crippen molar-refractivity contribution in [2.24, 2.45) is 0 Å². The number of likely N-dealkylation sites (tertiary alicyclic amines) is 1. The Labute approximate surface area is 206 Å². The molecule has 2 fully saturated rings. The van der Waals surface area contributed by atoms with E-state index in [0.717, 1.165) is 65.1 Å². The van der Waals surface area contributed by atoms with Crippen LogP contribution in [-0.4, -0.2) is 88.6 Å². The molecular formula is C27H35N3O5. The molecule has 0 saturated carbocycles. The topological polar surface area (TPSA) is 101 Å². The van der Waals surface area contributed by atoms with Gasteiger partial charge in [0.05, 0.1) is 6.04 Å². The molecule has 2 N–H and O–H groups in total. The number of piperazine rings is 1. The molecule has 8 nitrogen and oxygen atoms in total. The first-order chi connectivity index (χ1) is 17.0. The number of carboxylic acid groups (broad SMARTS) is 2. The molecule has 188 valence electrons. The van der Waals surface area contributed by atoms with Crippen molar-refractivity contribution in [3.63, 3.8) is 0 Å². The van der Waals surface area contributed by atoms with Crippen molar-refractivity contribution in [3.05, 3.63) is 71.8 Å². The number of hydrogen-bond donors (Lipinski definition) is 2. The van der Waals surface area contributed by atoms with Crippen molar-refractivity contribution in [2.75, 3.05) is 45.8 Å². The Balaban J connectivity index is 0.000000509. The molecule has 2 aliphatic heterocycles. The van der Waals surface area contributed by atoms with Crippen molar-refractivity contribution in [1.82, 2.24) is 14.7 Å². The van der Waals surface area contributed by atoms with E-state index in [1.54, 1.807) is 0 Å². The smallest absolute Gasteiger partial charge is 0.414 e. The average molecular weight is 482 g/mol. The summed E-state index contributed by atoms with van der Waals surface area (Å²) < 4.78 is 0. The van der Waals surface area contributed by atoms with Gasteiger partial charge >= 0.3 is 11.9 Å². The Morgan fingerprint density at radius 3 is 1.77 bits per heavy atom. The summed E-state index contributed by atoms with van der Waals surface area (Å²) in [5.41, 5.74) is 2.74. The molecule has 1 amide bonds. The van der Waals surface area contributed by atoms with Crippen LogP contribution in [0.15, 0.2) is 60.7 Å². The summed E-state index contributed by atoms with van der Waals surface area (Å²) in [6.45, 7) is 7.35. The van der Waals surface area contributed by atoms with Gasteiger partial charge in [0.1, 0.15) is 0 Å². The van der Waals surface area contributed by atoms with Gasteiger partial charge in [0.15, 0.2) is 0 Å². The summed E-state index contributed by atoms with van der Waals surface area (Å²) in [5.74, 6) is -3.29. The fourth-order valence-corrected chi connectivity index (χ4v) is 4.71. The number of hydrogen-bond acceptors (Lipinski definition) is 5. The Morgan fingerprint density at radius 1 is 0.743 bits per heavy atom. The number of benzene rings is 2. The van der Waals surface area contributed by atoms with E-state index >= 15 is 0 Å². The van der Waals surface area contributed by atoms with Crippen LogP contribution in [0.4, 0.5) is 0 Å². The molecule has 0 bridgehead atoms. The second kappa shape index (κ2) is 13.6. The maximum atomic E-state index is 12.0. The lowest BCUT2D eigenvalue weighted by Crippen LogP contribution is -2.48. The van der Waals surface area contributed by atoms with Crippen LogP contribution in [0.3, 0.4) is 0 Å². The molecule has 2 aliphatic rings. The summed E-state index contributed by atoms with van der Waals surface area (Å²) >= 11 is 0. The molecule has 0 spiro atoms. The molecule has 2 saturated heterocycles. The number of piperidine rings is 1. The van der Waals surface area contributed by atoms with E-state index in [0.29, 0.717) is 11.9 Å². The van der Waals surface area contributed by atoms with Crippen molar-refractivity contribution >= 4 is 17.8 Å². The third kappa shape index (κ3) is 8.19. The predicted molar refractivity (Wildman–Crippen MR) is 133 cm³/mol.